The van der Waals surface area contributed by atoms with E-state index in [4.69, 9.17) is 10.5 Å². The Hall–Kier alpha value is -3.60. The number of benzene rings is 3. The zero-order valence-electron chi connectivity index (χ0n) is 15.0. The number of hydrogen-bond donors (Lipinski definition) is 2. The van der Waals surface area contributed by atoms with Gasteiger partial charge in [-0.25, -0.2) is 4.98 Å². The molecule has 0 atom stereocenters. The van der Waals surface area contributed by atoms with Crippen LogP contribution in [0.5, 0.6) is 11.6 Å². The highest BCUT2D eigenvalue weighted by molar-refractivity contribution is 5.83. The molecule has 0 saturated carbocycles. The molecule has 1 heterocycles. The van der Waals surface area contributed by atoms with Crippen molar-refractivity contribution in [3.63, 3.8) is 0 Å². The Morgan fingerprint density at radius 1 is 0.926 bits per heavy atom. The van der Waals surface area contributed by atoms with Gasteiger partial charge >= 0.3 is 0 Å². The van der Waals surface area contributed by atoms with Gasteiger partial charge in [-0.2, -0.15) is 4.98 Å². The Bertz CT molecular complexity index is 1080. The minimum atomic E-state index is 0.340. The Kier molecular flexibility index (Phi) is 4.58. The second kappa shape index (κ2) is 7.33. The van der Waals surface area contributed by atoms with E-state index in [1.165, 1.54) is 11.9 Å². The normalized spacial score (nSPS) is 10.7. The zero-order chi connectivity index (χ0) is 18.6. The van der Waals surface area contributed by atoms with Crippen LogP contribution in [0.3, 0.4) is 0 Å². The second-order valence-electron chi connectivity index (χ2n) is 6.39. The minimum Gasteiger partial charge on any atom is -0.437 e. The highest BCUT2D eigenvalue weighted by Gasteiger charge is 2.10. The van der Waals surface area contributed by atoms with Crippen molar-refractivity contribution in [1.29, 1.82) is 0 Å². The quantitative estimate of drug-likeness (QED) is 0.531. The maximum Gasteiger partial charge on any atom is 0.248 e. The number of anilines is 2. The number of nitrogen functional groups attached to an aromatic ring is 1. The first kappa shape index (κ1) is 16.8. The second-order valence-corrected chi connectivity index (χ2v) is 6.39. The number of nitrogens with two attached hydrogens (primary N) is 1. The monoisotopic (exact) mass is 356 g/mol. The lowest BCUT2D eigenvalue weighted by atomic mass is 10.1. The summed E-state index contributed by atoms with van der Waals surface area (Å²) in [6.45, 7) is 2.69. The molecule has 0 unspecified atom stereocenters. The van der Waals surface area contributed by atoms with E-state index < -0.39 is 0 Å². The van der Waals surface area contributed by atoms with Crippen LogP contribution in [0.25, 0.3) is 10.8 Å². The number of aromatic nitrogens is 2. The van der Waals surface area contributed by atoms with E-state index in [0.717, 1.165) is 16.3 Å². The lowest BCUT2D eigenvalue weighted by Gasteiger charge is -2.12. The first-order valence-electron chi connectivity index (χ1n) is 8.75. The lowest BCUT2D eigenvalue weighted by Crippen LogP contribution is -2.06. The zero-order valence-corrected chi connectivity index (χ0v) is 15.0. The van der Waals surface area contributed by atoms with Gasteiger partial charge in [-0.3, -0.25) is 0 Å². The van der Waals surface area contributed by atoms with Crippen LogP contribution in [0.4, 0.5) is 11.5 Å². The van der Waals surface area contributed by atoms with Crippen LogP contribution in [0.1, 0.15) is 11.1 Å². The van der Waals surface area contributed by atoms with Gasteiger partial charge in [0, 0.05) is 6.54 Å². The molecular formula is C22H20N4O. The van der Waals surface area contributed by atoms with Crippen molar-refractivity contribution in [1.82, 2.24) is 9.97 Å². The summed E-state index contributed by atoms with van der Waals surface area (Å²) in [7, 11) is 0. The van der Waals surface area contributed by atoms with Gasteiger partial charge in [0.25, 0.3) is 0 Å². The van der Waals surface area contributed by atoms with Crippen molar-refractivity contribution in [3.8, 4) is 11.6 Å². The predicted molar refractivity (Wildman–Crippen MR) is 109 cm³/mol. The molecule has 0 aliphatic carbocycles. The summed E-state index contributed by atoms with van der Waals surface area (Å²) in [4.78, 5) is 8.42. The SMILES string of the molecule is Cc1ccc(CNc2ncnc(Oc3ccc4ccccc4c3)c2N)cc1. The lowest BCUT2D eigenvalue weighted by molar-refractivity contribution is 0.465. The first-order chi connectivity index (χ1) is 13.2. The van der Waals surface area contributed by atoms with Gasteiger partial charge in [0.05, 0.1) is 0 Å². The highest BCUT2D eigenvalue weighted by atomic mass is 16.5. The average molecular weight is 356 g/mol. The Morgan fingerprint density at radius 2 is 1.70 bits per heavy atom. The fourth-order valence-electron chi connectivity index (χ4n) is 2.84. The van der Waals surface area contributed by atoms with Gasteiger partial charge in [-0.05, 0) is 35.4 Å². The number of aryl methyl sites for hydroxylation is 1. The first-order valence-corrected chi connectivity index (χ1v) is 8.75. The molecule has 0 bridgehead atoms. The summed E-state index contributed by atoms with van der Waals surface area (Å²) in [6, 6.07) is 22.3. The van der Waals surface area contributed by atoms with Gasteiger partial charge < -0.3 is 15.8 Å². The number of nitrogens with one attached hydrogen (secondary N) is 1. The molecule has 4 aromatic rings. The molecule has 0 radical (unpaired) electrons. The molecule has 0 fully saturated rings. The third-order valence-corrected chi connectivity index (χ3v) is 4.36. The van der Waals surface area contributed by atoms with Crippen molar-refractivity contribution < 1.29 is 4.74 Å². The van der Waals surface area contributed by atoms with E-state index in [0.29, 0.717) is 29.7 Å². The van der Waals surface area contributed by atoms with Crippen LogP contribution in [0.2, 0.25) is 0 Å². The van der Waals surface area contributed by atoms with Crippen LogP contribution in [0.15, 0.2) is 73.1 Å². The van der Waals surface area contributed by atoms with Gasteiger partial charge in [0.15, 0.2) is 5.82 Å². The van der Waals surface area contributed by atoms with Gasteiger partial charge in [0.2, 0.25) is 5.88 Å². The number of fused-ring (bicyclic) bond motifs is 1. The van der Waals surface area contributed by atoms with Crippen LogP contribution in [-0.2, 0) is 6.54 Å². The minimum absolute atomic E-state index is 0.340. The largest absolute Gasteiger partial charge is 0.437 e. The summed E-state index contributed by atoms with van der Waals surface area (Å²) in [5, 5.41) is 5.50. The van der Waals surface area contributed by atoms with Crippen molar-refractivity contribution in [2.75, 3.05) is 11.1 Å². The molecule has 0 amide bonds. The average Bonchev–Trinajstić information content (AvgIpc) is 2.70. The van der Waals surface area contributed by atoms with Gasteiger partial charge in [-0.1, -0.05) is 60.2 Å². The Balaban J connectivity index is 1.52. The molecule has 5 nitrogen and oxygen atoms in total. The third-order valence-electron chi connectivity index (χ3n) is 4.36. The Morgan fingerprint density at radius 3 is 2.52 bits per heavy atom. The van der Waals surface area contributed by atoms with Crippen molar-refractivity contribution in [2.45, 2.75) is 13.5 Å². The number of hydrogen-bond acceptors (Lipinski definition) is 5. The van der Waals surface area contributed by atoms with E-state index in [9.17, 15) is 0 Å². The van der Waals surface area contributed by atoms with E-state index in [1.807, 2.05) is 36.4 Å². The smallest absolute Gasteiger partial charge is 0.248 e. The molecule has 4 rings (SSSR count). The number of rotatable bonds is 5. The molecule has 0 saturated heterocycles. The van der Waals surface area contributed by atoms with E-state index in [-0.39, 0.29) is 0 Å². The molecule has 0 aliphatic heterocycles. The van der Waals surface area contributed by atoms with Crippen LogP contribution < -0.4 is 15.8 Å². The highest BCUT2D eigenvalue weighted by Crippen LogP contribution is 2.31. The van der Waals surface area contributed by atoms with Gasteiger partial charge in [-0.15, -0.1) is 0 Å². The predicted octanol–water partition coefficient (Wildman–Crippen LogP) is 4.92. The van der Waals surface area contributed by atoms with Gasteiger partial charge in [0.1, 0.15) is 17.8 Å². The molecular weight excluding hydrogens is 336 g/mol. The van der Waals surface area contributed by atoms with E-state index in [1.54, 1.807) is 0 Å². The topological polar surface area (TPSA) is 73.1 Å². The van der Waals surface area contributed by atoms with Crippen molar-refractivity contribution >= 4 is 22.3 Å². The summed E-state index contributed by atoms with van der Waals surface area (Å²) in [5.74, 6) is 1.58. The summed E-state index contributed by atoms with van der Waals surface area (Å²) in [5.41, 5.74) is 8.98. The molecule has 0 spiro atoms. The maximum absolute atomic E-state index is 6.22. The molecule has 5 heteroatoms. The van der Waals surface area contributed by atoms with Crippen LogP contribution >= 0.6 is 0 Å². The molecule has 27 heavy (non-hydrogen) atoms. The Labute approximate surface area is 157 Å². The summed E-state index contributed by atoms with van der Waals surface area (Å²) < 4.78 is 5.91. The van der Waals surface area contributed by atoms with Crippen molar-refractivity contribution in [2.24, 2.45) is 0 Å². The number of nitrogens with zero attached hydrogens (tertiary/aromatic N) is 2. The van der Waals surface area contributed by atoms with Crippen LogP contribution in [0, 0.1) is 6.92 Å². The molecule has 134 valence electrons. The van der Waals surface area contributed by atoms with Crippen LogP contribution in [-0.4, -0.2) is 9.97 Å². The maximum atomic E-state index is 6.22. The van der Waals surface area contributed by atoms with Crippen molar-refractivity contribution in [3.05, 3.63) is 84.2 Å². The van der Waals surface area contributed by atoms with E-state index in [2.05, 4.69) is 52.5 Å². The molecule has 0 aliphatic rings. The fourth-order valence-corrected chi connectivity index (χ4v) is 2.84. The molecule has 3 aromatic carbocycles. The third kappa shape index (κ3) is 3.82. The number of ether oxygens (including phenoxy) is 1. The standard InChI is InChI=1S/C22H20N4O/c1-15-6-8-16(9-7-15)13-24-21-20(23)22(26-14-25-21)27-19-11-10-17-4-2-3-5-18(17)12-19/h2-12,14H,13,23H2,1H3,(H,24,25,26). The molecule has 3 N–H and O–H groups in total. The summed E-state index contributed by atoms with van der Waals surface area (Å²) in [6.07, 6.45) is 1.45. The van der Waals surface area contributed by atoms with E-state index >= 15 is 0 Å². The molecule has 1 aromatic heterocycles. The fraction of sp³-hybridized carbons (Fsp3) is 0.0909. The summed E-state index contributed by atoms with van der Waals surface area (Å²) >= 11 is 0.